The van der Waals surface area contributed by atoms with E-state index in [-0.39, 0.29) is 5.92 Å². The Morgan fingerprint density at radius 3 is 2.27 bits per heavy atom. The average Bonchev–Trinajstić information content (AvgIpc) is 2.21. The molecule has 0 heterocycles. The van der Waals surface area contributed by atoms with Crippen LogP contribution in [-0.2, 0) is 0 Å². The predicted molar refractivity (Wildman–Crippen MR) is 66.5 cm³/mol. The highest BCUT2D eigenvalue weighted by Crippen LogP contribution is 2.18. The largest absolute Gasteiger partial charge is 0.198 e. The highest BCUT2D eigenvalue weighted by molar-refractivity contribution is 4.84. The topological polar surface area (TPSA) is 23.8 Å². The van der Waals surface area contributed by atoms with Crippen molar-refractivity contribution in [3.05, 3.63) is 12.7 Å². The minimum Gasteiger partial charge on any atom is -0.198 e. The van der Waals surface area contributed by atoms with Crippen LogP contribution in [0.5, 0.6) is 0 Å². The van der Waals surface area contributed by atoms with E-state index >= 15 is 0 Å². The van der Waals surface area contributed by atoms with Crippen molar-refractivity contribution >= 4 is 0 Å². The number of hydrogen-bond donors (Lipinski definition) is 0. The number of rotatable bonds is 9. The van der Waals surface area contributed by atoms with Gasteiger partial charge in [-0.3, -0.25) is 0 Å². The van der Waals surface area contributed by atoms with E-state index in [1.807, 2.05) is 6.08 Å². The molecule has 0 radical (unpaired) electrons. The fourth-order valence-electron chi connectivity index (χ4n) is 1.73. The Balaban J connectivity index is 3.30. The number of allylic oxidation sites excluding steroid dienone is 1. The summed E-state index contributed by atoms with van der Waals surface area (Å²) in [6, 6.07) is 2.40. The smallest absolute Gasteiger partial charge is 0.0658 e. The quantitative estimate of drug-likeness (QED) is 0.397. The monoisotopic (exact) mass is 207 g/mol. The first kappa shape index (κ1) is 14.2. The summed E-state index contributed by atoms with van der Waals surface area (Å²) in [7, 11) is 0. The van der Waals surface area contributed by atoms with Crippen LogP contribution in [0.1, 0.15) is 58.8 Å². The Labute approximate surface area is 95.2 Å². The summed E-state index contributed by atoms with van der Waals surface area (Å²) in [5.74, 6) is 0.772. The van der Waals surface area contributed by atoms with Crippen molar-refractivity contribution in [1.29, 1.82) is 5.26 Å². The van der Waals surface area contributed by atoms with Gasteiger partial charge in [-0.2, -0.15) is 5.26 Å². The SMILES string of the molecule is C=CCCCCCCCC(C#N)C(C)C. The average molecular weight is 207 g/mol. The van der Waals surface area contributed by atoms with E-state index < -0.39 is 0 Å². The summed E-state index contributed by atoms with van der Waals surface area (Å²) in [6.45, 7) is 7.99. The normalized spacial score (nSPS) is 12.4. The number of unbranched alkanes of at least 4 members (excludes halogenated alkanes) is 5. The van der Waals surface area contributed by atoms with Gasteiger partial charge in [-0.05, 0) is 25.2 Å². The highest BCUT2D eigenvalue weighted by atomic mass is 14.3. The second kappa shape index (κ2) is 9.77. The first-order valence-corrected chi connectivity index (χ1v) is 6.23. The van der Waals surface area contributed by atoms with E-state index in [1.54, 1.807) is 0 Å². The van der Waals surface area contributed by atoms with Gasteiger partial charge in [0.2, 0.25) is 0 Å². The molecule has 0 aromatic heterocycles. The van der Waals surface area contributed by atoms with E-state index in [2.05, 4.69) is 26.5 Å². The van der Waals surface area contributed by atoms with Crippen LogP contribution in [0, 0.1) is 23.2 Å². The van der Waals surface area contributed by atoms with Crippen LogP contribution >= 0.6 is 0 Å². The molecular formula is C14H25N. The first-order chi connectivity index (χ1) is 7.22. The van der Waals surface area contributed by atoms with Gasteiger partial charge in [-0.1, -0.05) is 45.6 Å². The molecule has 15 heavy (non-hydrogen) atoms. The van der Waals surface area contributed by atoms with Crippen molar-refractivity contribution in [2.75, 3.05) is 0 Å². The molecule has 0 saturated heterocycles. The van der Waals surface area contributed by atoms with Gasteiger partial charge in [-0.15, -0.1) is 6.58 Å². The summed E-state index contributed by atoms with van der Waals surface area (Å²) >= 11 is 0. The molecule has 0 saturated carbocycles. The van der Waals surface area contributed by atoms with Crippen LogP contribution in [0.3, 0.4) is 0 Å². The Morgan fingerprint density at radius 2 is 1.73 bits per heavy atom. The Kier molecular flexibility index (Phi) is 9.27. The van der Waals surface area contributed by atoms with Gasteiger partial charge in [0.15, 0.2) is 0 Å². The van der Waals surface area contributed by atoms with Gasteiger partial charge >= 0.3 is 0 Å². The van der Waals surface area contributed by atoms with Gasteiger partial charge in [0.25, 0.3) is 0 Å². The molecule has 0 amide bonds. The Bertz CT molecular complexity index is 188. The van der Waals surface area contributed by atoms with Crippen molar-refractivity contribution in [2.24, 2.45) is 11.8 Å². The summed E-state index contributed by atoms with van der Waals surface area (Å²) in [5.41, 5.74) is 0. The molecule has 0 fully saturated rings. The van der Waals surface area contributed by atoms with Gasteiger partial charge in [-0.25, -0.2) is 0 Å². The fraction of sp³-hybridized carbons (Fsp3) is 0.786. The zero-order valence-corrected chi connectivity index (χ0v) is 10.3. The van der Waals surface area contributed by atoms with E-state index in [4.69, 9.17) is 5.26 Å². The zero-order chi connectivity index (χ0) is 11.5. The predicted octanol–water partition coefficient (Wildman–Crippen LogP) is 4.70. The summed E-state index contributed by atoms with van der Waals surface area (Å²) in [6.07, 6.45) is 10.6. The minimum atomic E-state index is 0.262. The van der Waals surface area contributed by atoms with Crippen LogP contribution in [0.4, 0.5) is 0 Å². The van der Waals surface area contributed by atoms with Crippen LogP contribution in [-0.4, -0.2) is 0 Å². The van der Waals surface area contributed by atoms with E-state index in [0.717, 1.165) is 12.8 Å². The zero-order valence-electron chi connectivity index (χ0n) is 10.3. The first-order valence-electron chi connectivity index (χ1n) is 6.23. The molecule has 0 aliphatic heterocycles. The van der Waals surface area contributed by atoms with Gasteiger partial charge in [0, 0.05) is 5.92 Å². The molecule has 1 unspecified atom stereocenters. The van der Waals surface area contributed by atoms with Gasteiger partial charge in [0.05, 0.1) is 6.07 Å². The molecule has 0 bridgehead atoms. The molecule has 0 aliphatic carbocycles. The molecule has 0 N–H and O–H groups in total. The maximum atomic E-state index is 8.91. The molecule has 0 aliphatic rings. The van der Waals surface area contributed by atoms with Gasteiger partial charge in [0.1, 0.15) is 0 Å². The maximum absolute atomic E-state index is 8.91. The van der Waals surface area contributed by atoms with Crippen LogP contribution in [0.25, 0.3) is 0 Å². The fourth-order valence-corrected chi connectivity index (χ4v) is 1.73. The molecule has 86 valence electrons. The van der Waals surface area contributed by atoms with Crippen molar-refractivity contribution in [2.45, 2.75) is 58.8 Å². The molecule has 1 nitrogen and oxygen atoms in total. The summed E-state index contributed by atoms with van der Waals surface area (Å²) < 4.78 is 0. The van der Waals surface area contributed by atoms with Crippen molar-refractivity contribution < 1.29 is 0 Å². The summed E-state index contributed by atoms with van der Waals surface area (Å²) in [5, 5.41) is 8.91. The van der Waals surface area contributed by atoms with Crippen LogP contribution in [0.15, 0.2) is 12.7 Å². The lowest BCUT2D eigenvalue weighted by atomic mass is 9.91. The third-order valence-corrected chi connectivity index (χ3v) is 2.89. The lowest BCUT2D eigenvalue weighted by Crippen LogP contribution is -2.05. The molecule has 1 atom stereocenters. The third-order valence-electron chi connectivity index (χ3n) is 2.89. The van der Waals surface area contributed by atoms with Gasteiger partial charge < -0.3 is 0 Å². The lowest BCUT2D eigenvalue weighted by Gasteiger charge is -2.11. The molecule has 0 aromatic rings. The van der Waals surface area contributed by atoms with E-state index in [9.17, 15) is 0 Å². The van der Waals surface area contributed by atoms with Crippen LogP contribution < -0.4 is 0 Å². The van der Waals surface area contributed by atoms with Crippen molar-refractivity contribution in [3.8, 4) is 6.07 Å². The lowest BCUT2D eigenvalue weighted by molar-refractivity contribution is 0.423. The molecule has 0 rings (SSSR count). The minimum absolute atomic E-state index is 0.262. The van der Waals surface area contributed by atoms with Crippen LogP contribution in [0.2, 0.25) is 0 Å². The second-order valence-electron chi connectivity index (χ2n) is 4.61. The number of nitriles is 1. The Hall–Kier alpha value is -0.770. The molecule has 0 aromatic carbocycles. The molecule has 1 heteroatoms. The number of nitrogens with zero attached hydrogens (tertiary/aromatic N) is 1. The maximum Gasteiger partial charge on any atom is 0.0658 e. The standard InChI is InChI=1S/C14H25N/c1-4-5-6-7-8-9-10-11-14(12-15)13(2)3/h4,13-14H,1,5-11H2,2-3H3. The molecule has 0 spiro atoms. The van der Waals surface area contributed by atoms with E-state index in [1.165, 1.54) is 32.1 Å². The van der Waals surface area contributed by atoms with Crippen molar-refractivity contribution in [1.82, 2.24) is 0 Å². The Morgan fingerprint density at radius 1 is 1.13 bits per heavy atom. The second-order valence-corrected chi connectivity index (χ2v) is 4.61. The molecular weight excluding hydrogens is 182 g/mol. The highest BCUT2D eigenvalue weighted by Gasteiger charge is 2.10. The van der Waals surface area contributed by atoms with Crippen molar-refractivity contribution in [3.63, 3.8) is 0 Å². The number of hydrogen-bond acceptors (Lipinski definition) is 1. The van der Waals surface area contributed by atoms with E-state index in [0.29, 0.717) is 5.92 Å². The third kappa shape index (κ3) is 8.24. The summed E-state index contributed by atoms with van der Waals surface area (Å²) in [4.78, 5) is 0.